The number of fused-ring (bicyclic) bond motifs is 1. The number of carbonyl (C=O) groups is 2. The van der Waals surface area contributed by atoms with Crippen molar-refractivity contribution in [3.05, 3.63) is 86.7 Å². The van der Waals surface area contributed by atoms with E-state index in [-0.39, 0.29) is 16.3 Å². The van der Waals surface area contributed by atoms with E-state index in [9.17, 15) is 9.59 Å². The van der Waals surface area contributed by atoms with Crippen LogP contribution in [0.25, 0.3) is 0 Å². The predicted molar refractivity (Wildman–Crippen MR) is 165 cm³/mol. The number of hydrogen-bond acceptors (Lipinski definition) is 5. The van der Waals surface area contributed by atoms with Crippen LogP contribution >= 0.6 is 34.4 Å². The van der Waals surface area contributed by atoms with Crippen molar-refractivity contribution in [1.29, 1.82) is 0 Å². The molecule has 2 aliphatic heterocycles. The van der Waals surface area contributed by atoms with E-state index in [1.165, 1.54) is 0 Å². The van der Waals surface area contributed by atoms with Gasteiger partial charge < -0.3 is 14.1 Å². The Balaban J connectivity index is 1.55. The third-order valence-corrected chi connectivity index (χ3v) is 14.2. The largest absolute Gasteiger partial charge is 0.451 e. The summed E-state index contributed by atoms with van der Waals surface area (Å²) in [6.45, 7) is 15.5. The second kappa shape index (κ2) is 11.0. The Labute approximate surface area is 245 Å². The van der Waals surface area contributed by atoms with Gasteiger partial charge in [-0.25, -0.2) is 4.79 Å². The Bertz CT molecular complexity index is 1230. The van der Waals surface area contributed by atoms with Gasteiger partial charge in [-0.05, 0) is 65.7 Å². The third-order valence-electron chi connectivity index (χ3n) is 7.61. The summed E-state index contributed by atoms with van der Waals surface area (Å²) in [5.74, 6) is -0.553. The second-order valence-corrected chi connectivity index (χ2v) is 19.7. The number of esters is 1. The molecule has 2 aromatic carbocycles. The molecule has 0 saturated carbocycles. The Hall–Kier alpha value is -1.84. The summed E-state index contributed by atoms with van der Waals surface area (Å²) in [4.78, 5) is 28.7. The van der Waals surface area contributed by atoms with E-state index >= 15 is 0 Å². The fraction of sp³-hybridized carbons (Fsp3) is 0.433. The number of amides is 1. The Kier molecular flexibility index (Phi) is 8.41. The first-order chi connectivity index (χ1) is 17.7. The van der Waals surface area contributed by atoms with Gasteiger partial charge in [0.25, 0.3) is 5.91 Å². The van der Waals surface area contributed by atoms with Crippen LogP contribution < -0.4 is 0 Å². The van der Waals surface area contributed by atoms with Gasteiger partial charge in [-0.2, -0.15) is 0 Å². The van der Waals surface area contributed by atoms with Crippen molar-refractivity contribution in [2.24, 2.45) is 0 Å². The van der Waals surface area contributed by atoms with Crippen LogP contribution in [0.3, 0.4) is 0 Å². The van der Waals surface area contributed by atoms with Crippen molar-refractivity contribution in [3.63, 3.8) is 0 Å². The third kappa shape index (κ3) is 5.84. The maximum Gasteiger partial charge on any atom is 0.331 e. The predicted octanol–water partition coefficient (Wildman–Crippen LogP) is 7.25. The highest BCUT2D eigenvalue weighted by atomic mass is 127. The molecule has 2 fully saturated rings. The van der Waals surface area contributed by atoms with E-state index in [4.69, 9.17) is 9.16 Å². The lowest BCUT2D eigenvalue weighted by molar-refractivity contribution is -0.160. The van der Waals surface area contributed by atoms with Crippen molar-refractivity contribution in [2.45, 2.75) is 75.0 Å². The molecule has 0 bridgehead atoms. The number of halogens is 1. The van der Waals surface area contributed by atoms with E-state index in [0.29, 0.717) is 12.2 Å². The number of thioether (sulfide) groups is 1. The zero-order valence-electron chi connectivity index (χ0n) is 23.1. The Morgan fingerprint density at radius 1 is 1.08 bits per heavy atom. The average Bonchev–Trinajstić information content (AvgIpc) is 3.12. The fourth-order valence-electron chi connectivity index (χ4n) is 4.40. The van der Waals surface area contributed by atoms with Crippen LogP contribution in [0.1, 0.15) is 51.8 Å². The first-order valence-electron chi connectivity index (χ1n) is 12.8. The SMILES string of the molecule is CC1(C)S[C@@H]2C(=C=C(I)CO[Si](C)(C)C(C)(C)C)C(=O)N2[C@H]1C(=O)OC(c1ccccc1)c1ccccc1. The molecule has 38 heavy (non-hydrogen) atoms. The maximum absolute atomic E-state index is 13.7. The number of rotatable bonds is 7. The van der Waals surface area contributed by atoms with E-state index in [2.05, 4.69) is 62.2 Å². The van der Waals surface area contributed by atoms with Crippen LogP contribution in [0.15, 0.2) is 75.5 Å². The normalized spacial score (nSPS) is 20.6. The molecule has 2 saturated heterocycles. The van der Waals surface area contributed by atoms with Crippen LogP contribution in [0.4, 0.5) is 0 Å². The molecule has 202 valence electrons. The average molecular weight is 662 g/mol. The lowest BCUT2D eigenvalue weighted by atomic mass is 9.95. The summed E-state index contributed by atoms with van der Waals surface area (Å²) < 4.78 is 12.8. The highest BCUT2D eigenvalue weighted by molar-refractivity contribution is 14.1. The van der Waals surface area contributed by atoms with Crippen LogP contribution in [-0.2, 0) is 18.8 Å². The number of benzene rings is 2. The highest BCUT2D eigenvalue weighted by Gasteiger charge is 2.62. The van der Waals surface area contributed by atoms with Crippen molar-refractivity contribution in [3.8, 4) is 0 Å². The molecule has 0 radical (unpaired) electrons. The molecular weight excluding hydrogens is 625 g/mol. The van der Waals surface area contributed by atoms with Gasteiger partial charge in [-0.15, -0.1) is 11.8 Å². The van der Waals surface area contributed by atoms with Crippen LogP contribution in [0.5, 0.6) is 0 Å². The zero-order chi connectivity index (χ0) is 27.9. The quantitative estimate of drug-likeness (QED) is 0.0782. The maximum atomic E-state index is 13.7. The molecule has 2 aliphatic rings. The van der Waals surface area contributed by atoms with Gasteiger partial charge in [0, 0.05) is 4.75 Å². The molecule has 4 rings (SSSR count). The summed E-state index contributed by atoms with van der Waals surface area (Å²) in [6, 6.07) is 18.7. The monoisotopic (exact) mass is 661 g/mol. The van der Waals surface area contributed by atoms with Gasteiger partial charge in [0.15, 0.2) is 14.4 Å². The van der Waals surface area contributed by atoms with Gasteiger partial charge in [0.2, 0.25) is 0 Å². The molecule has 2 aromatic rings. The summed E-state index contributed by atoms with van der Waals surface area (Å²) in [5.41, 5.74) is 5.69. The number of nitrogens with zero attached hydrogens (tertiary/aromatic N) is 1. The van der Waals surface area contributed by atoms with Crippen molar-refractivity contribution >= 4 is 54.5 Å². The van der Waals surface area contributed by atoms with Crippen LogP contribution in [0, 0.1) is 0 Å². The fourth-order valence-corrected chi connectivity index (χ4v) is 7.60. The minimum Gasteiger partial charge on any atom is -0.451 e. The summed E-state index contributed by atoms with van der Waals surface area (Å²) in [6.07, 6.45) is -0.551. The number of carbonyl (C=O) groups excluding carboxylic acids is 2. The Morgan fingerprint density at radius 3 is 2.11 bits per heavy atom. The molecular formula is C30H36INO4SSi. The van der Waals surface area contributed by atoms with Gasteiger partial charge in [0.05, 0.1) is 15.8 Å². The molecule has 0 aromatic heterocycles. The number of hydrogen-bond donors (Lipinski definition) is 0. The van der Waals surface area contributed by atoms with Gasteiger partial charge in [-0.1, -0.05) is 87.2 Å². The molecule has 0 aliphatic carbocycles. The molecule has 5 nitrogen and oxygen atoms in total. The van der Waals surface area contributed by atoms with E-state index < -0.39 is 31.2 Å². The van der Waals surface area contributed by atoms with E-state index in [1.54, 1.807) is 16.7 Å². The first kappa shape index (κ1) is 29.1. The molecule has 1 amide bonds. The zero-order valence-corrected chi connectivity index (χ0v) is 27.1. The minimum absolute atomic E-state index is 0.108. The summed E-state index contributed by atoms with van der Waals surface area (Å²) in [5, 5.41) is -0.115. The first-order valence-corrected chi connectivity index (χ1v) is 17.7. The lowest BCUT2D eigenvalue weighted by Gasteiger charge is -2.39. The summed E-state index contributed by atoms with van der Waals surface area (Å²) in [7, 11) is -1.91. The van der Waals surface area contributed by atoms with Gasteiger partial charge >= 0.3 is 5.97 Å². The van der Waals surface area contributed by atoms with Crippen LogP contribution in [0.2, 0.25) is 18.1 Å². The van der Waals surface area contributed by atoms with Gasteiger partial charge in [-0.3, -0.25) is 4.79 Å². The molecule has 2 heterocycles. The molecule has 0 unspecified atom stereocenters. The molecule has 0 spiro atoms. The standard InChI is InChI=1S/C30H36INO4SSi/c1-29(2,3)38(6,7)35-19-22(31)18-23-26(33)32-25(30(4,5)37-27(23)32)28(34)36-24(20-14-10-8-11-15-20)21-16-12-9-13-17-21/h8-17,24-25,27H,19H2,1-7H3/t18?,25-,27+/m0/s1. The second-order valence-electron chi connectivity index (χ2n) is 11.8. The molecule has 2 atom stereocenters. The van der Waals surface area contributed by atoms with Crippen molar-refractivity contribution < 1.29 is 18.8 Å². The minimum atomic E-state index is -1.91. The molecule has 8 heteroatoms. The van der Waals surface area contributed by atoms with Crippen molar-refractivity contribution in [2.75, 3.05) is 6.61 Å². The van der Waals surface area contributed by atoms with Crippen molar-refractivity contribution in [1.82, 2.24) is 4.90 Å². The molecule has 0 N–H and O–H groups in total. The van der Waals surface area contributed by atoms with E-state index in [0.717, 1.165) is 14.7 Å². The highest BCUT2D eigenvalue weighted by Crippen LogP contribution is 2.53. The van der Waals surface area contributed by atoms with Crippen LogP contribution in [-0.4, -0.2) is 47.9 Å². The van der Waals surface area contributed by atoms with Gasteiger partial charge in [0.1, 0.15) is 11.4 Å². The number of β-lactam (4-membered cyclic amide) rings is 1. The number of ether oxygens (including phenoxy) is 1. The van der Waals surface area contributed by atoms with E-state index in [1.807, 2.05) is 74.5 Å². The lowest BCUT2D eigenvalue weighted by Crippen LogP contribution is -2.58. The Morgan fingerprint density at radius 2 is 1.61 bits per heavy atom. The summed E-state index contributed by atoms with van der Waals surface area (Å²) >= 11 is 3.82. The topological polar surface area (TPSA) is 55.8 Å². The smallest absolute Gasteiger partial charge is 0.331 e.